The highest BCUT2D eigenvalue weighted by Crippen LogP contribution is 2.34. The van der Waals surface area contributed by atoms with Gasteiger partial charge in [0.15, 0.2) is 0 Å². The molecule has 0 radical (unpaired) electrons. The lowest BCUT2D eigenvalue weighted by Crippen LogP contribution is -2.30. The van der Waals surface area contributed by atoms with Crippen LogP contribution in [0.2, 0.25) is 0 Å². The summed E-state index contributed by atoms with van der Waals surface area (Å²) in [4.78, 5) is 34.8. The molecule has 31 heavy (non-hydrogen) atoms. The summed E-state index contributed by atoms with van der Waals surface area (Å²) >= 11 is 0. The number of esters is 1. The van der Waals surface area contributed by atoms with Gasteiger partial charge >= 0.3 is 11.7 Å². The van der Waals surface area contributed by atoms with Gasteiger partial charge in [-0.2, -0.15) is 4.39 Å². The standard InChI is InChI=1S/C19H21FN6O5/c1-4-25(10-19(28)31-3)12-5-6-15(17(7-12)22-11(2)27)23-24-16-8-13(20)18(26(29)30)9-14(16)21/h5-9H,4,10,21H2,1-3H3,(H,22,27). The first-order chi connectivity index (χ1) is 14.7. The number of halogens is 1. The largest absolute Gasteiger partial charge is 0.468 e. The van der Waals surface area contributed by atoms with Gasteiger partial charge in [-0.15, -0.1) is 10.2 Å². The topological polar surface area (TPSA) is 153 Å². The number of azo groups is 1. The number of hydrogen-bond donors (Lipinski definition) is 2. The number of nitro groups is 1. The first kappa shape index (κ1) is 23.2. The molecule has 0 spiro atoms. The molecule has 0 unspecified atom stereocenters. The number of methoxy groups -OCH3 is 1. The molecule has 0 saturated carbocycles. The molecule has 2 rings (SSSR count). The molecule has 0 heterocycles. The van der Waals surface area contributed by atoms with E-state index in [-0.39, 0.29) is 35.2 Å². The molecule has 12 heteroatoms. The van der Waals surface area contributed by atoms with Crippen LogP contribution in [0.25, 0.3) is 0 Å². The van der Waals surface area contributed by atoms with Crippen LogP contribution >= 0.6 is 0 Å². The number of carbonyl (C=O) groups is 2. The van der Waals surface area contributed by atoms with Crippen LogP contribution in [0.3, 0.4) is 0 Å². The molecule has 1 amide bonds. The summed E-state index contributed by atoms with van der Waals surface area (Å²) in [6.07, 6.45) is 0. The van der Waals surface area contributed by atoms with E-state index in [0.29, 0.717) is 12.2 Å². The van der Waals surface area contributed by atoms with Gasteiger partial charge in [-0.3, -0.25) is 19.7 Å². The number of benzene rings is 2. The van der Waals surface area contributed by atoms with Crippen LogP contribution in [-0.4, -0.2) is 37.0 Å². The predicted octanol–water partition coefficient (Wildman–Crippen LogP) is 3.69. The first-order valence-electron chi connectivity index (χ1n) is 9.04. The second-order valence-electron chi connectivity index (χ2n) is 6.29. The summed E-state index contributed by atoms with van der Waals surface area (Å²) in [5.41, 5.74) is 5.83. The minimum Gasteiger partial charge on any atom is -0.468 e. The number of amides is 1. The number of nitrogens with two attached hydrogens (primary N) is 1. The van der Waals surface area contributed by atoms with E-state index in [0.717, 1.165) is 12.1 Å². The number of nitrogens with zero attached hydrogens (tertiary/aromatic N) is 4. The highest BCUT2D eigenvalue weighted by molar-refractivity contribution is 5.93. The molecule has 11 nitrogen and oxygen atoms in total. The van der Waals surface area contributed by atoms with Crippen LogP contribution in [-0.2, 0) is 14.3 Å². The Balaban J connectivity index is 2.42. The molecule has 164 valence electrons. The Kier molecular flexibility index (Phi) is 7.55. The fraction of sp³-hybridized carbons (Fsp3) is 0.263. The van der Waals surface area contributed by atoms with E-state index in [1.54, 1.807) is 23.1 Å². The SMILES string of the molecule is CCN(CC(=O)OC)c1ccc(N=Nc2cc(F)c([N+](=O)[O-])cc2N)c(NC(C)=O)c1. The molecule has 0 fully saturated rings. The lowest BCUT2D eigenvalue weighted by Gasteiger charge is -2.22. The Morgan fingerprint density at radius 1 is 1.26 bits per heavy atom. The van der Waals surface area contributed by atoms with E-state index in [9.17, 15) is 24.1 Å². The molecule has 0 atom stereocenters. The van der Waals surface area contributed by atoms with Crippen LogP contribution in [0.15, 0.2) is 40.6 Å². The number of carbonyl (C=O) groups excluding carboxylic acids is 2. The van der Waals surface area contributed by atoms with Gasteiger partial charge in [0, 0.05) is 31.3 Å². The van der Waals surface area contributed by atoms with Crippen LogP contribution < -0.4 is 16.0 Å². The number of nitro benzene ring substituents is 1. The van der Waals surface area contributed by atoms with E-state index in [1.165, 1.54) is 14.0 Å². The van der Waals surface area contributed by atoms with Gasteiger partial charge < -0.3 is 20.7 Å². The average molecular weight is 432 g/mol. The number of hydrogen-bond acceptors (Lipinski definition) is 9. The number of anilines is 3. The third kappa shape index (κ3) is 5.95. The zero-order valence-corrected chi connectivity index (χ0v) is 17.1. The Morgan fingerprint density at radius 2 is 1.94 bits per heavy atom. The Morgan fingerprint density at radius 3 is 2.52 bits per heavy atom. The summed E-state index contributed by atoms with van der Waals surface area (Å²) in [6, 6.07) is 6.46. The van der Waals surface area contributed by atoms with Gasteiger partial charge in [-0.25, -0.2) is 0 Å². The second kappa shape index (κ2) is 10.1. The lowest BCUT2D eigenvalue weighted by atomic mass is 10.2. The first-order valence-corrected chi connectivity index (χ1v) is 9.04. The quantitative estimate of drug-likeness (QED) is 0.212. The van der Waals surface area contributed by atoms with E-state index in [2.05, 4.69) is 20.3 Å². The third-order valence-corrected chi connectivity index (χ3v) is 4.14. The molecule has 3 N–H and O–H groups in total. The smallest absolute Gasteiger partial charge is 0.325 e. The maximum absolute atomic E-state index is 13.9. The second-order valence-corrected chi connectivity index (χ2v) is 6.29. The summed E-state index contributed by atoms with van der Waals surface area (Å²) < 4.78 is 18.6. The highest BCUT2D eigenvalue weighted by Gasteiger charge is 2.17. The van der Waals surface area contributed by atoms with Gasteiger partial charge in [0.25, 0.3) is 0 Å². The van der Waals surface area contributed by atoms with Crippen molar-refractivity contribution < 1.29 is 23.6 Å². The van der Waals surface area contributed by atoms with Crippen molar-refractivity contribution in [3.8, 4) is 0 Å². The Labute approximate surface area is 176 Å². The van der Waals surface area contributed by atoms with Gasteiger partial charge in [-0.1, -0.05) is 0 Å². The fourth-order valence-corrected chi connectivity index (χ4v) is 2.61. The van der Waals surface area contributed by atoms with Gasteiger partial charge in [0.1, 0.15) is 17.9 Å². The monoisotopic (exact) mass is 432 g/mol. The highest BCUT2D eigenvalue weighted by atomic mass is 19.1. The van der Waals surface area contributed by atoms with Crippen LogP contribution in [0.1, 0.15) is 13.8 Å². The summed E-state index contributed by atoms with van der Waals surface area (Å²) in [6.45, 7) is 3.66. The lowest BCUT2D eigenvalue weighted by molar-refractivity contribution is -0.387. The molecule has 0 aromatic heterocycles. The van der Waals surface area contributed by atoms with Crippen LogP contribution in [0, 0.1) is 15.9 Å². The normalized spacial score (nSPS) is 10.7. The summed E-state index contributed by atoms with van der Waals surface area (Å²) in [5, 5.41) is 21.3. The molecular weight excluding hydrogens is 411 g/mol. The van der Waals surface area contributed by atoms with Crippen molar-refractivity contribution in [3.05, 3.63) is 46.3 Å². The number of rotatable bonds is 8. The van der Waals surface area contributed by atoms with Crippen LogP contribution in [0.5, 0.6) is 0 Å². The summed E-state index contributed by atoms with van der Waals surface area (Å²) in [7, 11) is 1.29. The minimum atomic E-state index is -1.10. The zero-order chi connectivity index (χ0) is 23.1. The Hall–Kier alpha value is -4.09. The van der Waals surface area contributed by atoms with Gasteiger partial charge in [0.2, 0.25) is 11.7 Å². The van der Waals surface area contributed by atoms with Crippen LogP contribution in [0.4, 0.5) is 38.5 Å². The van der Waals surface area contributed by atoms with Crippen molar-refractivity contribution in [2.45, 2.75) is 13.8 Å². The van der Waals surface area contributed by atoms with E-state index < -0.39 is 22.4 Å². The maximum atomic E-state index is 13.9. The Bertz CT molecular complexity index is 1040. The molecule has 2 aromatic carbocycles. The van der Waals surface area contributed by atoms with Crippen molar-refractivity contribution in [2.75, 3.05) is 36.1 Å². The molecule has 0 aliphatic rings. The zero-order valence-electron chi connectivity index (χ0n) is 17.1. The van der Waals surface area contributed by atoms with E-state index >= 15 is 0 Å². The van der Waals surface area contributed by atoms with Crippen molar-refractivity contribution in [1.29, 1.82) is 0 Å². The fourth-order valence-electron chi connectivity index (χ4n) is 2.61. The van der Waals surface area contributed by atoms with Crippen molar-refractivity contribution >= 4 is 46.0 Å². The molecule has 0 saturated heterocycles. The molecule has 0 aliphatic carbocycles. The van der Waals surface area contributed by atoms with Crippen molar-refractivity contribution in [2.24, 2.45) is 10.2 Å². The predicted molar refractivity (Wildman–Crippen MR) is 112 cm³/mol. The van der Waals surface area contributed by atoms with E-state index in [4.69, 9.17) is 5.73 Å². The number of nitrogens with one attached hydrogen (secondary N) is 1. The maximum Gasteiger partial charge on any atom is 0.325 e. The van der Waals surface area contributed by atoms with Crippen molar-refractivity contribution in [1.82, 2.24) is 0 Å². The van der Waals surface area contributed by atoms with E-state index in [1.807, 2.05) is 6.92 Å². The van der Waals surface area contributed by atoms with Crippen molar-refractivity contribution in [3.63, 3.8) is 0 Å². The minimum absolute atomic E-state index is 0.00593. The number of nitrogen functional groups attached to an aromatic ring is 1. The molecule has 0 bridgehead atoms. The van der Waals surface area contributed by atoms with Gasteiger partial charge in [0.05, 0.1) is 23.4 Å². The third-order valence-electron chi connectivity index (χ3n) is 4.14. The molecular formula is C19H21FN6O5. The van der Waals surface area contributed by atoms with Gasteiger partial charge in [-0.05, 0) is 25.1 Å². The molecule has 0 aliphatic heterocycles. The summed E-state index contributed by atoms with van der Waals surface area (Å²) in [5.74, 6) is -1.90. The molecule has 2 aromatic rings. The average Bonchev–Trinajstić information content (AvgIpc) is 2.72. The number of ether oxygens (including phenoxy) is 1. The number of likely N-dealkylation sites (N-methyl/N-ethyl adjacent to an activating group) is 1.